The molecule has 0 aliphatic rings. The largest absolute Gasteiger partial charge is 0.392 e. The van der Waals surface area contributed by atoms with Crippen LogP contribution in [0.5, 0.6) is 0 Å². The number of hydrogen-bond donors (Lipinski definition) is 2. The predicted molar refractivity (Wildman–Crippen MR) is 56.3 cm³/mol. The number of aryl methyl sites for hydroxylation is 1. The van der Waals surface area contributed by atoms with Gasteiger partial charge in [-0.1, -0.05) is 6.07 Å². The van der Waals surface area contributed by atoms with Crippen LogP contribution in [0.3, 0.4) is 0 Å². The number of aliphatic hydroxyl groups is 1. The van der Waals surface area contributed by atoms with Crippen molar-refractivity contribution >= 4 is 0 Å². The van der Waals surface area contributed by atoms with Gasteiger partial charge in [0.05, 0.1) is 6.61 Å². The Bertz CT molecular complexity index is 305. The molecule has 0 heterocycles. The lowest BCUT2D eigenvalue weighted by Gasteiger charge is -2.12. The molecule has 0 atom stereocenters. The van der Waals surface area contributed by atoms with Gasteiger partial charge in [0, 0.05) is 0 Å². The molecule has 0 spiro atoms. The van der Waals surface area contributed by atoms with Gasteiger partial charge in [0.2, 0.25) is 0 Å². The molecule has 74 valence electrons. The van der Waals surface area contributed by atoms with Crippen molar-refractivity contribution in [2.75, 3.05) is 0 Å². The Balaban J connectivity index is 0.00000144. The molecule has 1 rings (SSSR count). The summed E-state index contributed by atoms with van der Waals surface area (Å²) >= 11 is 0. The zero-order chi connectivity index (χ0) is 9.30. The molecule has 0 radical (unpaired) electrons. The zero-order valence-electron chi connectivity index (χ0n) is 8.94. The third-order valence-electron chi connectivity index (χ3n) is 2.76. The van der Waals surface area contributed by atoms with Crippen LogP contribution >= 0.6 is 0 Å². The summed E-state index contributed by atoms with van der Waals surface area (Å²) in [5.41, 5.74) is 6.18. The molecule has 2 heteroatoms. The molecule has 0 aromatic heterocycles. The first-order valence-electron chi connectivity index (χ1n) is 4.25. The summed E-state index contributed by atoms with van der Waals surface area (Å²) in [5.74, 6) is 0. The fourth-order valence-corrected chi connectivity index (χ4v) is 1.46. The molecule has 0 fully saturated rings. The molecular weight excluding hydrogens is 162 g/mol. The third kappa shape index (κ3) is 2.08. The van der Waals surface area contributed by atoms with E-state index in [-0.39, 0.29) is 12.8 Å². The van der Waals surface area contributed by atoms with Gasteiger partial charge in [0.1, 0.15) is 0 Å². The Kier molecular flexibility index (Phi) is 4.11. The highest BCUT2D eigenvalue weighted by Gasteiger charge is 2.05. The zero-order valence-corrected chi connectivity index (χ0v) is 8.94. The van der Waals surface area contributed by atoms with Gasteiger partial charge in [-0.2, -0.15) is 0 Å². The minimum Gasteiger partial charge on any atom is -0.392 e. The van der Waals surface area contributed by atoms with Crippen LogP contribution in [0.25, 0.3) is 0 Å². The maximum absolute atomic E-state index is 9.06. The van der Waals surface area contributed by atoms with Crippen LogP contribution in [0.1, 0.15) is 27.8 Å². The van der Waals surface area contributed by atoms with E-state index in [0.717, 1.165) is 5.56 Å². The van der Waals surface area contributed by atoms with Crippen molar-refractivity contribution in [3.8, 4) is 0 Å². The SMILES string of the molecule is Cc1cc(CO)c(C)c(C)c1C.N. The van der Waals surface area contributed by atoms with Gasteiger partial charge in [0.15, 0.2) is 0 Å². The summed E-state index contributed by atoms with van der Waals surface area (Å²) in [6.45, 7) is 8.53. The standard InChI is InChI=1S/C11H16O.H3N/c1-7-5-11(6-12)10(4)9(3)8(7)2;/h5,12H,6H2,1-4H3;1H3. The molecule has 1 aromatic rings. The second kappa shape index (κ2) is 4.40. The number of benzene rings is 1. The fraction of sp³-hybridized carbons (Fsp3) is 0.455. The van der Waals surface area contributed by atoms with Crippen molar-refractivity contribution in [2.45, 2.75) is 34.3 Å². The van der Waals surface area contributed by atoms with E-state index in [2.05, 4.69) is 33.8 Å². The number of aliphatic hydroxyl groups excluding tert-OH is 1. The van der Waals surface area contributed by atoms with E-state index >= 15 is 0 Å². The second-order valence-electron chi connectivity index (χ2n) is 3.39. The van der Waals surface area contributed by atoms with E-state index in [9.17, 15) is 0 Å². The second-order valence-corrected chi connectivity index (χ2v) is 3.39. The molecule has 1 aromatic carbocycles. The van der Waals surface area contributed by atoms with E-state index in [0.29, 0.717) is 0 Å². The minimum atomic E-state index is 0. The molecule has 0 aliphatic carbocycles. The first kappa shape index (κ1) is 12.1. The summed E-state index contributed by atoms with van der Waals surface area (Å²) in [6, 6.07) is 2.07. The topological polar surface area (TPSA) is 55.2 Å². The number of hydrogen-bond acceptors (Lipinski definition) is 2. The number of rotatable bonds is 1. The normalized spacial score (nSPS) is 9.62. The Morgan fingerprint density at radius 3 is 2.00 bits per heavy atom. The van der Waals surface area contributed by atoms with Crippen LogP contribution in [-0.2, 0) is 6.61 Å². The van der Waals surface area contributed by atoms with Crippen LogP contribution in [0.15, 0.2) is 6.07 Å². The lowest BCUT2D eigenvalue weighted by molar-refractivity contribution is 0.281. The monoisotopic (exact) mass is 181 g/mol. The van der Waals surface area contributed by atoms with Gasteiger partial charge in [-0.3, -0.25) is 0 Å². The molecule has 0 unspecified atom stereocenters. The van der Waals surface area contributed by atoms with Crippen LogP contribution in [0.2, 0.25) is 0 Å². The molecule has 0 amide bonds. The summed E-state index contributed by atoms with van der Waals surface area (Å²) in [5, 5.41) is 9.06. The van der Waals surface area contributed by atoms with Gasteiger partial charge in [-0.15, -0.1) is 0 Å². The van der Waals surface area contributed by atoms with Gasteiger partial charge >= 0.3 is 0 Å². The summed E-state index contributed by atoms with van der Waals surface area (Å²) in [7, 11) is 0. The van der Waals surface area contributed by atoms with E-state index in [1.54, 1.807) is 0 Å². The molecular formula is C11H19NO. The minimum absolute atomic E-state index is 0. The van der Waals surface area contributed by atoms with Gasteiger partial charge in [0.25, 0.3) is 0 Å². The Morgan fingerprint density at radius 2 is 1.54 bits per heavy atom. The molecule has 13 heavy (non-hydrogen) atoms. The van der Waals surface area contributed by atoms with Crippen molar-refractivity contribution in [1.29, 1.82) is 0 Å². The average Bonchev–Trinajstić information content (AvgIpc) is 2.08. The smallest absolute Gasteiger partial charge is 0.0684 e. The van der Waals surface area contributed by atoms with Gasteiger partial charge < -0.3 is 11.3 Å². The summed E-state index contributed by atoms with van der Waals surface area (Å²) < 4.78 is 0. The maximum atomic E-state index is 9.06. The Labute approximate surface area is 80.2 Å². The van der Waals surface area contributed by atoms with Crippen LogP contribution in [-0.4, -0.2) is 5.11 Å². The van der Waals surface area contributed by atoms with Crippen LogP contribution < -0.4 is 6.15 Å². The Hall–Kier alpha value is -0.860. The lowest BCUT2D eigenvalue weighted by atomic mass is 9.95. The summed E-state index contributed by atoms with van der Waals surface area (Å²) in [6.07, 6.45) is 0. The molecule has 0 saturated carbocycles. The average molecular weight is 181 g/mol. The first-order valence-corrected chi connectivity index (χ1v) is 4.25. The molecule has 0 aliphatic heterocycles. The highest BCUT2D eigenvalue weighted by atomic mass is 16.3. The fourth-order valence-electron chi connectivity index (χ4n) is 1.46. The van der Waals surface area contributed by atoms with Crippen molar-refractivity contribution < 1.29 is 5.11 Å². The van der Waals surface area contributed by atoms with E-state index in [4.69, 9.17) is 5.11 Å². The van der Waals surface area contributed by atoms with Crippen molar-refractivity contribution in [2.24, 2.45) is 0 Å². The van der Waals surface area contributed by atoms with Crippen molar-refractivity contribution in [3.63, 3.8) is 0 Å². The van der Waals surface area contributed by atoms with Crippen molar-refractivity contribution in [1.82, 2.24) is 6.15 Å². The first-order chi connectivity index (χ1) is 5.57. The lowest BCUT2D eigenvalue weighted by Crippen LogP contribution is -1.97. The molecule has 0 saturated heterocycles. The highest BCUT2D eigenvalue weighted by Crippen LogP contribution is 2.20. The van der Waals surface area contributed by atoms with Gasteiger partial charge in [-0.25, -0.2) is 0 Å². The molecule has 0 bridgehead atoms. The van der Waals surface area contributed by atoms with E-state index < -0.39 is 0 Å². The van der Waals surface area contributed by atoms with Crippen molar-refractivity contribution in [3.05, 3.63) is 33.9 Å². The van der Waals surface area contributed by atoms with E-state index in [1.807, 2.05) is 0 Å². The molecule has 4 N–H and O–H groups in total. The van der Waals surface area contributed by atoms with E-state index in [1.165, 1.54) is 22.3 Å². The third-order valence-corrected chi connectivity index (χ3v) is 2.76. The van der Waals surface area contributed by atoms with Gasteiger partial charge in [-0.05, 0) is 55.5 Å². The predicted octanol–water partition coefficient (Wildman–Crippen LogP) is 2.57. The highest BCUT2D eigenvalue weighted by molar-refractivity contribution is 5.43. The quantitative estimate of drug-likeness (QED) is 0.699. The Morgan fingerprint density at radius 1 is 1.00 bits per heavy atom. The molecule has 2 nitrogen and oxygen atoms in total. The van der Waals surface area contributed by atoms with Crippen LogP contribution in [0.4, 0.5) is 0 Å². The maximum Gasteiger partial charge on any atom is 0.0684 e. The summed E-state index contributed by atoms with van der Waals surface area (Å²) in [4.78, 5) is 0. The van der Waals surface area contributed by atoms with Crippen LogP contribution in [0, 0.1) is 27.7 Å².